The predicted octanol–water partition coefficient (Wildman–Crippen LogP) is 4.59. The van der Waals surface area contributed by atoms with E-state index in [1.54, 1.807) is 25.3 Å². The highest BCUT2D eigenvalue weighted by Gasteiger charge is 2.18. The lowest BCUT2D eigenvalue weighted by atomic mass is 10.0. The third-order valence-corrected chi connectivity index (χ3v) is 5.02. The van der Waals surface area contributed by atoms with Gasteiger partial charge < -0.3 is 14.5 Å². The van der Waals surface area contributed by atoms with Gasteiger partial charge in [0.2, 0.25) is 0 Å². The molecule has 0 radical (unpaired) electrons. The van der Waals surface area contributed by atoms with Gasteiger partial charge >= 0.3 is 5.63 Å². The van der Waals surface area contributed by atoms with Crippen molar-refractivity contribution in [1.82, 2.24) is 10.3 Å². The Morgan fingerprint density at radius 2 is 1.90 bits per heavy atom. The van der Waals surface area contributed by atoms with E-state index in [9.17, 15) is 9.59 Å². The van der Waals surface area contributed by atoms with Crippen LogP contribution in [0, 0.1) is 0 Å². The van der Waals surface area contributed by atoms with E-state index in [1.807, 2.05) is 42.5 Å². The molecule has 2 heterocycles. The molecule has 0 aliphatic heterocycles. The van der Waals surface area contributed by atoms with Crippen LogP contribution in [0.5, 0.6) is 5.75 Å². The smallest absolute Gasteiger partial charge is 0.336 e. The number of hydrogen-bond donors (Lipinski definition) is 1. The molecule has 0 saturated carbocycles. The van der Waals surface area contributed by atoms with Crippen LogP contribution in [0.2, 0.25) is 5.02 Å². The van der Waals surface area contributed by atoms with E-state index < -0.39 is 11.7 Å². The summed E-state index contributed by atoms with van der Waals surface area (Å²) in [6, 6.07) is 19.6. The summed E-state index contributed by atoms with van der Waals surface area (Å²) in [5, 5.41) is 3.76. The summed E-state index contributed by atoms with van der Waals surface area (Å²) < 4.78 is 11.1. The normalized spacial score (nSPS) is 11.8. The Kier molecular flexibility index (Phi) is 6.00. The fourth-order valence-electron chi connectivity index (χ4n) is 3.18. The molecule has 0 spiro atoms. The highest BCUT2D eigenvalue weighted by Crippen LogP contribution is 2.35. The summed E-state index contributed by atoms with van der Waals surface area (Å²) in [7, 11) is 0. The molecule has 0 saturated heterocycles. The largest absolute Gasteiger partial charge is 0.479 e. The Labute approximate surface area is 183 Å². The fraction of sp³-hybridized carbons (Fsp3) is 0.125. The van der Waals surface area contributed by atoms with Gasteiger partial charge in [-0.2, -0.15) is 0 Å². The maximum absolute atomic E-state index is 12.4. The Morgan fingerprint density at radius 1 is 1.13 bits per heavy atom. The van der Waals surface area contributed by atoms with Gasteiger partial charge in [0.25, 0.3) is 5.91 Å². The van der Waals surface area contributed by atoms with E-state index in [0.717, 1.165) is 11.3 Å². The molecule has 4 rings (SSSR count). The van der Waals surface area contributed by atoms with Crippen LogP contribution in [0.1, 0.15) is 12.6 Å². The molecular formula is C24H19ClN2O4. The molecule has 0 bridgehead atoms. The second kappa shape index (κ2) is 9.02. The third kappa shape index (κ3) is 4.75. The maximum Gasteiger partial charge on any atom is 0.336 e. The first kappa shape index (κ1) is 20.6. The Bertz CT molecular complexity index is 1270. The zero-order valence-electron chi connectivity index (χ0n) is 16.7. The van der Waals surface area contributed by atoms with Crippen molar-refractivity contribution in [2.24, 2.45) is 0 Å². The van der Waals surface area contributed by atoms with Crippen LogP contribution in [-0.4, -0.2) is 17.0 Å². The van der Waals surface area contributed by atoms with Gasteiger partial charge in [0.05, 0.1) is 17.3 Å². The topological polar surface area (TPSA) is 81.4 Å². The fourth-order valence-corrected chi connectivity index (χ4v) is 3.39. The van der Waals surface area contributed by atoms with Gasteiger partial charge in [0.15, 0.2) is 6.10 Å². The third-order valence-electron chi connectivity index (χ3n) is 4.72. The average Bonchev–Trinajstić information content (AvgIpc) is 2.79. The van der Waals surface area contributed by atoms with Crippen LogP contribution in [0.25, 0.3) is 22.1 Å². The van der Waals surface area contributed by atoms with Crippen LogP contribution in [-0.2, 0) is 11.3 Å². The zero-order valence-corrected chi connectivity index (χ0v) is 17.4. The minimum atomic E-state index is -0.817. The number of nitrogens with one attached hydrogen (secondary N) is 1. The summed E-state index contributed by atoms with van der Waals surface area (Å²) in [5.41, 5.74) is 2.16. The number of nitrogens with zero attached hydrogens (tertiary/aromatic N) is 1. The van der Waals surface area contributed by atoms with Crippen molar-refractivity contribution in [2.75, 3.05) is 0 Å². The lowest BCUT2D eigenvalue weighted by Crippen LogP contribution is -2.36. The van der Waals surface area contributed by atoms with Gasteiger partial charge in [-0.25, -0.2) is 4.79 Å². The van der Waals surface area contributed by atoms with Crippen LogP contribution in [0.4, 0.5) is 0 Å². The maximum atomic E-state index is 12.4. The summed E-state index contributed by atoms with van der Waals surface area (Å²) >= 11 is 6.44. The molecule has 0 aliphatic rings. The summed E-state index contributed by atoms with van der Waals surface area (Å²) in [6.07, 6.45) is 0.844. The number of carbonyl (C=O) groups is 1. The quantitative estimate of drug-likeness (QED) is 0.449. The van der Waals surface area contributed by atoms with Crippen molar-refractivity contribution in [3.63, 3.8) is 0 Å². The number of amides is 1. The molecule has 0 fully saturated rings. The number of ether oxygens (including phenoxy) is 1. The van der Waals surface area contributed by atoms with E-state index in [0.29, 0.717) is 21.6 Å². The van der Waals surface area contributed by atoms with Gasteiger partial charge in [0, 0.05) is 23.7 Å². The Morgan fingerprint density at radius 3 is 2.65 bits per heavy atom. The van der Waals surface area contributed by atoms with Crippen LogP contribution >= 0.6 is 11.6 Å². The molecule has 4 aromatic rings. The number of pyridine rings is 1. The van der Waals surface area contributed by atoms with Crippen LogP contribution in [0.3, 0.4) is 0 Å². The number of halogens is 1. The lowest BCUT2D eigenvalue weighted by Gasteiger charge is -2.16. The van der Waals surface area contributed by atoms with Crippen molar-refractivity contribution in [3.05, 3.63) is 94.1 Å². The molecule has 1 amide bonds. The molecular weight excluding hydrogens is 416 g/mol. The standard InChI is InChI=1S/C24H19ClN2O4/c1-15(24(29)27-14-17-9-5-6-10-26-17)30-22-13-21-19(11-20(22)25)18(12-23(28)31-21)16-7-3-2-4-8-16/h2-13,15H,14H2,1H3,(H,27,29)/t15-/m0/s1. The summed E-state index contributed by atoms with van der Waals surface area (Å²) in [5.74, 6) is -0.0654. The predicted molar refractivity (Wildman–Crippen MR) is 119 cm³/mol. The van der Waals surface area contributed by atoms with E-state index in [4.69, 9.17) is 20.8 Å². The van der Waals surface area contributed by atoms with E-state index >= 15 is 0 Å². The minimum absolute atomic E-state index is 0.253. The molecule has 7 heteroatoms. The first-order chi connectivity index (χ1) is 15.0. The Balaban J connectivity index is 1.57. The number of hydrogen-bond acceptors (Lipinski definition) is 5. The van der Waals surface area contributed by atoms with Crippen molar-refractivity contribution < 1.29 is 13.9 Å². The second-order valence-corrected chi connectivity index (χ2v) is 7.33. The van der Waals surface area contributed by atoms with E-state index in [1.165, 1.54) is 12.1 Å². The molecule has 31 heavy (non-hydrogen) atoms. The number of fused-ring (bicyclic) bond motifs is 1. The van der Waals surface area contributed by atoms with Crippen molar-refractivity contribution in [3.8, 4) is 16.9 Å². The van der Waals surface area contributed by atoms with Crippen LogP contribution < -0.4 is 15.7 Å². The first-order valence-electron chi connectivity index (χ1n) is 9.68. The molecule has 6 nitrogen and oxygen atoms in total. The molecule has 2 aromatic heterocycles. The highest BCUT2D eigenvalue weighted by atomic mass is 35.5. The monoisotopic (exact) mass is 434 g/mol. The van der Waals surface area contributed by atoms with Crippen LogP contribution in [0.15, 0.2) is 82.1 Å². The second-order valence-electron chi connectivity index (χ2n) is 6.92. The van der Waals surface area contributed by atoms with Gasteiger partial charge in [0.1, 0.15) is 11.3 Å². The Hall–Kier alpha value is -3.64. The summed E-state index contributed by atoms with van der Waals surface area (Å²) in [6.45, 7) is 1.90. The molecule has 156 valence electrons. The van der Waals surface area contributed by atoms with Crippen molar-refractivity contribution in [1.29, 1.82) is 0 Å². The zero-order chi connectivity index (χ0) is 21.8. The number of benzene rings is 2. The van der Waals surface area contributed by atoms with Crippen molar-refractivity contribution >= 4 is 28.5 Å². The number of aromatic nitrogens is 1. The SMILES string of the molecule is C[C@H](Oc1cc2oc(=O)cc(-c3ccccc3)c2cc1Cl)C(=O)NCc1ccccn1. The van der Waals surface area contributed by atoms with Gasteiger partial charge in [-0.3, -0.25) is 9.78 Å². The molecule has 0 unspecified atom stereocenters. The molecule has 1 N–H and O–H groups in total. The molecule has 2 aromatic carbocycles. The first-order valence-corrected chi connectivity index (χ1v) is 10.1. The lowest BCUT2D eigenvalue weighted by molar-refractivity contribution is -0.127. The van der Waals surface area contributed by atoms with Gasteiger partial charge in [-0.05, 0) is 36.2 Å². The molecule has 0 aliphatic carbocycles. The van der Waals surface area contributed by atoms with Crippen molar-refractivity contribution in [2.45, 2.75) is 19.6 Å². The van der Waals surface area contributed by atoms with E-state index in [2.05, 4.69) is 10.3 Å². The number of rotatable bonds is 6. The number of carbonyl (C=O) groups excluding carboxylic acids is 1. The average molecular weight is 435 g/mol. The van der Waals surface area contributed by atoms with E-state index in [-0.39, 0.29) is 18.2 Å². The minimum Gasteiger partial charge on any atom is -0.479 e. The molecule has 1 atom stereocenters. The van der Waals surface area contributed by atoms with Gasteiger partial charge in [-0.15, -0.1) is 0 Å². The highest BCUT2D eigenvalue weighted by molar-refractivity contribution is 6.33. The summed E-state index contributed by atoms with van der Waals surface area (Å²) in [4.78, 5) is 28.7. The van der Waals surface area contributed by atoms with Gasteiger partial charge in [-0.1, -0.05) is 48.0 Å².